The van der Waals surface area contributed by atoms with Crippen LogP contribution in [0.2, 0.25) is 0 Å². The Hall–Kier alpha value is -1.11. The van der Waals surface area contributed by atoms with E-state index in [1.165, 1.54) is 0 Å². The minimum absolute atomic E-state index is 1.59. The molecule has 0 heterocycles. The van der Waals surface area contributed by atoms with E-state index >= 15 is 0 Å². The number of amides is 1. The molecule has 66 valence electrons. The molecule has 8 nitrogen and oxygen atoms in total. The van der Waals surface area contributed by atoms with Crippen LogP contribution in [0.3, 0.4) is 0 Å². The lowest BCUT2D eigenvalue weighted by atomic mass is 11.5. The van der Waals surface area contributed by atoms with Crippen LogP contribution >= 0.6 is 7.60 Å². The maximum Gasteiger partial charge on any atom is 0.503 e. The Morgan fingerprint density at radius 2 is 1.27 bits per heavy atom. The molecule has 11 heavy (non-hydrogen) atoms. The molecule has 9 heteroatoms. The molecular formula is C2H6NO7P. The van der Waals surface area contributed by atoms with Crippen LogP contribution in [0.5, 0.6) is 0 Å². The van der Waals surface area contributed by atoms with Gasteiger partial charge in [0.1, 0.15) is 0 Å². The van der Waals surface area contributed by atoms with Gasteiger partial charge in [-0.25, -0.2) is 9.36 Å². The summed E-state index contributed by atoms with van der Waals surface area (Å²) in [6.45, 7) is 0. The lowest BCUT2D eigenvalue weighted by Gasteiger charge is -1.91. The van der Waals surface area contributed by atoms with Crippen LogP contribution in [0.4, 0.5) is 9.59 Å². The highest BCUT2D eigenvalue weighted by Gasteiger charge is 2.20. The standard InChI is InChI=1S/CH4NO4P.CH2O3/c2-1(3)7(4,5)6;2-1(3)4/h(H2,2,3)(H2,4,5,6);(H2,2,3,4). The SMILES string of the molecule is NC(=O)P(=O)(O)O.O=C(O)O. The average Bonchev–Trinajstić information content (AvgIpc) is 1.59. The van der Waals surface area contributed by atoms with Gasteiger partial charge in [0.25, 0.3) is 0 Å². The molecule has 0 aliphatic carbocycles. The molecule has 0 bridgehead atoms. The van der Waals surface area contributed by atoms with Gasteiger partial charge in [0, 0.05) is 0 Å². The van der Waals surface area contributed by atoms with Crippen molar-refractivity contribution >= 4 is 19.4 Å². The lowest BCUT2D eigenvalue weighted by molar-refractivity contribution is 0.137. The summed E-state index contributed by atoms with van der Waals surface area (Å²) in [7, 11) is -4.60. The van der Waals surface area contributed by atoms with Gasteiger partial charge in [-0.1, -0.05) is 0 Å². The van der Waals surface area contributed by atoms with E-state index in [0.717, 1.165) is 0 Å². The van der Waals surface area contributed by atoms with Gasteiger partial charge in [-0.15, -0.1) is 0 Å². The fourth-order valence-electron chi connectivity index (χ4n) is 0. The normalized spacial score (nSPS) is 9.27. The first-order chi connectivity index (χ1) is 4.68. The largest absolute Gasteiger partial charge is 0.503 e. The highest BCUT2D eigenvalue weighted by molar-refractivity contribution is 7.69. The fourth-order valence-corrected chi connectivity index (χ4v) is 0. The van der Waals surface area contributed by atoms with Crippen molar-refractivity contribution in [1.29, 1.82) is 0 Å². The number of nitrogens with two attached hydrogens (primary N) is 1. The molecule has 0 aliphatic heterocycles. The van der Waals surface area contributed by atoms with E-state index in [1.807, 2.05) is 0 Å². The second-order valence-corrected chi connectivity index (χ2v) is 2.69. The number of primary amides is 1. The summed E-state index contributed by atoms with van der Waals surface area (Å²) in [4.78, 5) is 33.5. The van der Waals surface area contributed by atoms with Gasteiger partial charge < -0.3 is 25.7 Å². The van der Waals surface area contributed by atoms with Crippen molar-refractivity contribution in [3.8, 4) is 0 Å². The zero-order chi connectivity index (χ0) is 9.65. The average molecular weight is 187 g/mol. The number of carbonyl (C=O) groups is 2. The van der Waals surface area contributed by atoms with Crippen LogP contribution in [0.25, 0.3) is 0 Å². The van der Waals surface area contributed by atoms with Crippen molar-refractivity contribution in [2.45, 2.75) is 0 Å². The van der Waals surface area contributed by atoms with Gasteiger partial charge in [-0.05, 0) is 0 Å². The van der Waals surface area contributed by atoms with Gasteiger partial charge in [0.15, 0.2) is 0 Å². The number of hydrogen-bond donors (Lipinski definition) is 5. The van der Waals surface area contributed by atoms with E-state index in [-0.39, 0.29) is 0 Å². The Labute approximate surface area is 60.4 Å². The highest BCUT2D eigenvalue weighted by atomic mass is 31.2. The predicted molar refractivity (Wildman–Crippen MR) is 32.3 cm³/mol. The maximum atomic E-state index is 9.55. The fraction of sp³-hybridized carbons (Fsp3) is 0. The van der Waals surface area contributed by atoms with E-state index in [0.29, 0.717) is 0 Å². The monoisotopic (exact) mass is 187 g/mol. The van der Waals surface area contributed by atoms with Crippen molar-refractivity contribution in [2.75, 3.05) is 0 Å². The Morgan fingerprint density at radius 1 is 1.18 bits per heavy atom. The number of carboxylic acid groups (broad SMARTS) is 2. The van der Waals surface area contributed by atoms with Gasteiger partial charge in [-0.3, -0.25) is 4.79 Å². The highest BCUT2D eigenvalue weighted by Crippen LogP contribution is 2.33. The molecule has 0 radical (unpaired) electrons. The van der Waals surface area contributed by atoms with Gasteiger partial charge in [-0.2, -0.15) is 0 Å². The first-order valence-corrected chi connectivity index (χ1v) is 3.56. The molecule has 0 aromatic heterocycles. The van der Waals surface area contributed by atoms with Crippen LogP contribution in [-0.4, -0.2) is 31.8 Å². The van der Waals surface area contributed by atoms with E-state index in [2.05, 4.69) is 5.73 Å². The summed E-state index contributed by atoms with van der Waals surface area (Å²) >= 11 is 0. The van der Waals surface area contributed by atoms with Gasteiger partial charge >= 0.3 is 19.4 Å². The predicted octanol–water partition coefficient (Wildman–Crippen LogP) is -0.535. The van der Waals surface area contributed by atoms with Gasteiger partial charge in [0.05, 0.1) is 0 Å². The Bertz CT molecular complexity index is 189. The summed E-state index contributed by atoms with van der Waals surface area (Å²) in [6, 6.07) is 0. The molecular weight excluding hydrogens is 181 g/mol. The first kappa shape index (κ1) is 12.6. The number of rotatable bonds is 1. The molecule has 0 aromatic rings. The third-order valence-corrected chi connectivity index (χ3v) is 0.861. The smallest absolute Gasteiger partial charge is 0.450 e. The number of hydrogen-bond acceptors (Lipinski definition) is 3. The zero-order valence-electron chi connectivity index (χ0n) is 5.04. The van der Waals surface area contributed by atoms with Gasteiger partial charge in [0.2, 0.25) is 0 Å². The summed E-state index contributed by atoms with van der Waals surface area (Å²) in [6.07, 6.45) is -1.83. The Morgan fingerprint density at radius 3 is 1.27 bits per heavy atom. The Kier molecular flexibility index (Phi) is 5.33. The van der Waals surface area contributed by atoms with E-state index in [4.69, 9.17) is 24.8 Å². The van der Waals surface area contributed by atoms with Crippen LogP contribution < -0.4 is 5.73 Å². The number of carbonyl (C=O) groups excluding carboxylic acids is 1. The van der Waals surface area contributed by atoms with Crippen molar-refractivity contribution in [2.24, 2.45) is 5.73 Å². The second kappa shape index (κ2) is 4.67. The third-order valence-electron chi connectivity index (χ3n) is 0.287. The summed E-state index contributed by atoms with van der Waals surface area (Å²) in [5, 5.41) is 13.9. The maximum absolute atomic E-state index is 9.55. The molecule has 0 rings (SSSR count). The molecule has 0 aliphatic rings. The van der Waals surface area contributed by atoms with Crippen LogP contribution in [0.1, 0.15) is 0 Å². The van der Waals surface area contributed by atoms with Crippen molar-refractivity contribution in [1.82, 2.24) is 0 Å². The first-order valence-electron chi connectivity index (χ1n) is 1.95. The van der Waals surface area contributed by atoms with Crippen molar-refractivity contribution < 1.29 is 34.2 Å². The van der Waals surface area contributed by atoms with Crippen LogP contribution in [-0.2, 0) is 4.57 Å². The molecule has 1 amide bonds. The molecule has 0 saturated carbocycles. The zero-order valence-corrected chi connectivity index (χ0v) is 5.93. The molecule has 0 fully saturated rings. The van der Waals surface area contributed by atoms with E-state index in [1.54, 1.807) is 0 Å². The topological polar surface area (TPSA) is 158 Å². The molecule has 0 spiro atoms. The van der Waals surface area contributed by atoms with Crippen LogP contribution in [0.15, 0.2) is 0 Å². The van der Waals surface area contributed by atoms with E-state index in [9.17, 15) is 9.36 Å². The molecule has 6 N–H and O–H groups in total. The Balaban J connectivity index is 0. The molecule has 0 atom stereocenters. The van der Waals surface area contributed by atoms with Crippen molar-refractivity contribution in [3.05, 3.63) is 0 Å². The third kappa shape index (κ3) is 17.6. The minimum Gasteiger partial charge on any atom is -0.450 e. The molecule has 0 unspecified atom stereocenters. The second-order valence-electron chi connectivity index (χ2n) is 1.16. The summed E-state index contributed by atoms with van der Waals surface area (Å²) in [5.41, 5.74) is 2.58. The van der Waals surface area contributed by atoms with Crippen LogP contribution in [0, 0.1) is 0 Å². The molecule has 0 saturated heterocycles. The van der Waals surface area contributed by atoms with Crippen molar-refractivity contribution in [3.63, 3.8) is 0 Å². The lowest BCUT2D eigenvalue weighted by Crippen LogP contribution is -2.07. The summed E-state index contributed by atoms with van der Waals surface area (Å²) < 4.78 is 9.55. The molecule has 0 aromatic carbocycles. The van der Waals surface area contributed by atoms with E-state index < -0.39 is 19.4 Å². The summed E-state index contributed by atoms with van der Waals surface area (Å²) in [5.74, 6) is 0. The minimum atomic E-state index is -4.60. The quantitative estimate of drug-likeness (QED) is 0.345.